The molecule has 0 saturated heterocycles. The van der Waals surface area contributed by atoms with E-state index in [0.29, 0.717) is 10.6 Å². The van der Waals surface area contributed by atoms with Crippen molar-refractivity contribution in [2.45, 2.75) is 16.5 Å². The van der Waals surface area contributed by atoms with Gasteiger partial charge in [-0.1, -0.05) is 65.4 Å². The summed E-state index contributed by atoms with van der Waals surface area (Å²) >= 11 is 6.64. The highest BCUT2D eigenvalue weighted by Gasteiger charge is 2.21. The molecular weight excluding hydrogens is 394 g/mol. The number of sulfone groups is 1. The van der Waals surface area contributed by atoms with Crippen LogP contribution in [0, 0.1) is 0 Å². The van der Waals surface area contributed by atoms with Gasteiger partial charge in [-0.3, -0.25) is 4.79 Å². The topological polar surface area (TPSA) is 89.0 Å². The van der Waals surface area contributed by atoms with Crippen LogP contribution in [-0.2, 0) is 26.8 Å². The average Bonchev–Trinajstić information content (AvgIpc) is 3.07. The fourth-order valence-electron chi connectivity index (χ4n) is 2.19. The van der Waals surface area contributed by atoms with Gasteiger partial charge in [0.05, 0.1) is 12.2 Å². The summed E-state index contributed by atoms with van der Waals surface area (Å²) in [6.45, 7) is 0. The number of aromatic nitrogens is 2. The van der Waals surface area contributed by atoms with Gasteiger partial charge < -0.3 is 5.32 Å². The highest BCUT2D eigenvalue weighted by atomic mass is 35.5. The lowest BCUT2D eigenvalue weighted by atomic mass is 10.1. The van der Waals surface area contributed by atoms with Crippen LogP contribution in [0.25, 0.3) is 0 Å². The maximum absolute atomic E-state index is 12.4. The summed E-state index contributed by atoms with van der Waals surface area (Å²) in [5.41, 5.74) is 1.45. The first-order chi connectivity index (χ1) is 12.4. The summed E-state index contributed by atoms with van der Waals surface area (Å²) in [5, 5.41) is 10.8. The number of hydrogen-bond acceptors (Lipinski definition) is 6. The molecule has 0 aliphatic rings. The maximum Gasteiger partial charge on any atom is 0.234 e. The Morgan fingerprint density at radius 2 is 1.69 bits per heavy atom. The molecule has 3 rings (SSSR count). The first-order valence-corrected chi connectivity index (χ1v) is 10.4. The molecule has 0 bridgehead atoms. The molecule has 0 fully saturated rings. The number of benzene rings is 2. The molecule has 0 unspecified atom stereocenters. The Kier molecular flexibility index (Phi) is 5.65. The average molecular weight is 408 g/mol. The van der Waals surface area contributed by atoms with Gasteiger partial charge in [0, 0.05) is 5.02 Å². The Morgan fingerprint density at radius 1 is 1.00 bits per heavy atom. The van der Waals surface area contributed by atoms with Gasteiger partial charge in [-0.05, 0) is 23.3 Å². The van der Waals surface area contributed by atoms with E-state index in [0.717, 1.165) is 16.9 Å². The Labute approximate surface area is 159 Å². The Hall–Kier alpha value is -2.29. The van der Waals surface area contributed by atoms with Crippen molar-refractivity contribution < 1.29 is 13.2 Å². The van der Waals surface area contributed by atoms with E-state index in [2.05, 4.69) is 15.5 Å². The molecule has 6 nitrogen and oxygen atoms in total. The number of halogens is 1. The van der Waals surface area contributed by atoms with E-state index in [-0.39, 0.29) is 27.6 Å². The smallest absolute Gasteiger partial charge is 0.234 e. The summed E-state index contributed by atoms with van der Waals surface area (Å²) in [5.74, 6) is -0.475. The van der Waals surface area contributed by atoms with Crippen LogP contribution in [-0.4, -0.2) is 24.5 Å². The highest BCUT2D eigenvalue weighted by Crippen LogP contribution is 2.23. The van der Waals surface area contributed by atoms with Crippen molar-refractivity contribution >= 4 is 43.8 Å². The Morgan fingerprint density at radius 3 is 2.38 bits per heavy atom. The van der Waals surface area contributed by atoms with Crippen molar-refractivity contribution in [3.05, 3.63) is 70.7 Å². The standard InChI is InChI=1S/C17H14ClN3O3S2/c18-14-8-6-12(7-9-14)10-15(22)19-16-20-21-17(25-16)26(23,24)11-13-4-2-1-3-5-13/h1-9H,10-11H2,(H,19,20,22). The van der Waals surface area contributed by atoms with Gasteiger partial charge in [0.15, 0.2) is 0 Å². The predicted molar refractivity (Wildman–Crippen MR) is 101 cm³/mol. The molecular formula is C17H14ClN3O3S2. The molecule has 0 aliphatic carbocycles. The molecule has 1 aromatic heterocycles. The molecule has 3 aromatic rings. The third kappa shape index (κ3) is 4.87. The highest BCUT2D eigenvalue weighted by molar-refractivity contribution is 7.92. The van der Waals surface area contributed by atoms with Crippen LogP contribution >= 0.6 is 22.9 Å². The van der Waals surface area contributed by atoms with Crippen LogP contribution in [0.15, 0.2) is 58.9 Å². The minimum atomic E-state index is -3.61. The van der Waals surface area contributed by atoms with Crippen molar-refractivity contribution in [1.82, 2.24) is 10.2 Å². The molecule has 0 atom stereocenters. The SMILES string of the molecule is O=C(Cc1ccc(Cl)cc1)Nc1nnc(S(=O)(=O)Cc2ccccc2)s1. The number of hydrogen-bond donors (Lipinski definition) is 1. The molecule has 0 saturated carbocycles. The second-order valence-electron chi connectivity index (χ2n) is 5.47. The zero-order valence-corrected chi connectivity index (χ0v) is 15.8. The number of anilines is 1. The lowest BCUT2D eigenvalue weighted by Gasteiger charge is -2.02. The number of amides is 1. The van der Waals surface area contributed by atoms with Gasteiger partial charge in [0.2, 0.25) is 25.2 Å². The zero-order chi connectivity index (χ0) is 18.6. The van der Waals surface area contributed by atoms with Crippen LogP contribution in [0.1, 0.15) is 11.1 Å². The zero-order valence-electron chi connectivity index (χ0n) is 13.4. The molecule has 26 heavy (non-hydrogen) atoms. The molecule has 0 spiro atoms. The van der Waals surface area contributed by atoms with Crippen molar-refractivity contribution in [3.8, 4) is 0 Å². The third-order valence-corrected chi connectivity index (χ3v) is 6.62. The fraction of sp³-hybridized carbons (Fsp3) is 0.118. The van der Waals surface area contributed by atoms with Crippen molar-refractivity contribution in [3.63, 3.8) is 0 Å². The molecule has 9 heteroatoms. The lowest BCUT2D eigenvalue weighted by molar-refractivity contribution is -0.115. The molecule has 2 aromatic carbocycles. The second-order valence-corrected chi connectivity index (χ2v) is 9.05. The molecule has 0 radical (unpaired) electrons. The van der Waals surface area contributed by atoms with Crippen molar-refractivity contribution in [1.29, 1.82) is 0 Å². The summed E-state index contributed by atoms with van der Waals surface area (Å²) in [6.07, 6.45) is 0.128. The number of carbonyl (C=O) groups excluding carboxylic acids is 1. The summed E-state index contributed by atoms with van der Waals surface area (Å²) in [7, 11) is -3.61. The maximum atomic E-state index is 12.4. The molecule has 134 valence electrons. The first kappa shape index (κ1) is 18.5. The van der Waals surface area contributed by atoms with E-state index in [4.69, 9.17) is 11.6 Å². The van der Waals surface area contributed by atoms with Gasteiger partial charge >= 0.3 is 0 Å². The summed E-state index contributed by atoms with van der Waals surface area (Å²) < 4.78 is 24.7. The third-order valence-electron chi connectivity index (χ3n) is 3.40. The van der Waals surface area contributed by atoms with Crippen LogP contribution in [0.2, 0.25) is 5.02 Å². The largest absolute Gasteiger partial charge is 0.300 e. The van der Waals surface area contributed by atoms with E-state index in [1.54, 1.807) is 48.5 Å². The van der Waals surface area contributed by atoms with Gasteiger partial charge in [0.1, 0.15) is 0 Å². The second kappa shape index (κ2) is 7.94. The molecule has 1 heterocycles. The van der Waals surface area contributed by atoms with Gasteiger partial charge in [0.25, 0.3) is 0 Å². The summed E-state index contributed by atoms with van der Waals surface area (Å²) in [4.78, 5) is 12.1. The van der Waals surface area contributed by atoms with Crippen LogP contribution in [0.5, 0.6) is 0 Å². The van der Waals surface area contributed by atoms with Crippen molar-refractivity contribution in [2.24, 2.45) is 0 Å². The van der Waals surface area contributed by atoms with Crippen LogP contribution in [0.3, 0.4) is 0 Å². The first-order valence-electron chi connectivity index (χ1n) is 7.57. The van der Waals surface area contributed by atoms with Gasteiger partial charge in [-0.15, -0.1) is 10.2 Å². The van der Waals surface area contributed by atoms with Crippen LogP contribution in [0.4, 0.5) is 5.13 Å². The summed E-state index contributed by atoms with van der Waals surface area (Å²) in [6, 6.07) is 15.7. The molecule has 1 N–H and O–H groups in total. The van der Waals surface area contributed by atoms with E-state index in [1.165, 1.54) is 0 Å². The molecule has 1 amide bonds. The van der Waals surface area contributed by atoms with E-state index in [1.807, 2.05) is 6.07 Å². The monoisotopic (exact) mass is 407 g/mol. The Bertz CT molecular complexity index is 1000. The number of carbonyl (C=O) groups is 1. The van der Waals surface area contributed by atoms with Gasteiger partial charge in [-0.2, -0.15) is 0 Å². The minimum absolute atomic E-state index is 0.122. The number of nitrogens with one attached hydrogen (secondary N) is 1. The molecule has 0 aliphatic heterocycles. The lowest BCUT2D eigenvalue weighted by Crippen LogP contribution is -2.14. The van der Waals surface area contributed by atoms with E-state index in [9.17, 15) is 13.2 Å². The van der Waals surface area contributed by atoms with Crippen LogP contribution < -0.4 is 5.32 Å². The van der Waals surface area contributed by atoms with Gasteiger partial charge in [-0.25, -0.2) is 8.42 Å². The van der Waals surface area contributed by atoms with E-state index >= 15 is 0 Å². The van der Waals surface area contributed by atoms with Crippen molar-refractivity contribution in [2.75, 3.05) is 5.32 Å². The Balaban J connectivity index is 1.65. The predicted octanol–water partition coefficient (Wildman–Crippen LogP) is 3.35. The minimum Gasteiger partial charge on any atom is -0.300 e. The fourth-order valence-corrected chi connectivity index (χ4v) is 4.65. The normalized spacial score (nSPS) is 11.3. The van der Waals surface area contributed by atoms with E-state index < -0.39 is 9.84 Å². The number of nitrogens with zero attached hydrogens (tertiary/aromatic N) is 2. The quantitative estimate of drug-likeness (QED) is 0.633. The number of rotatable bonds is 6.